The number of amides is 1. The Morgan fingerprint density at radius 3 is 3.00 bits per heavy atom. The first-order chi connectivity index (χ1) is 11.2. The van der Waals surface area contributed by atoms with E-state index in [1.807, 2.05) is 29.4 Å². The lowest BCUT2D eigenvalue weighted by Gasteiger charge is -2.31. The third kappa shape index (κ3) is 4.19. The van der Waals surface area contributed by atoms with Crippen LogP contribution in [0.3, 0.4) is 0 Å². The van der Waals surface area contributed by atoms with Gasteiger partial charge in [-0.15, -0.1) is 0 Å². The molecular formula is C17H24N2O3S. The summed E-state index contributed by atoms with van der Waals surface area (Å²) in [5.74, 6) is 1.41. The minimum atomic E-state index is 0.124. The van der Waals surface area contributed by atoms with Gasteiger partial charge in [0.15, 0.2) is 0 Å². The summed E-state index contributed by atoms with van der Waals surface area (Å²) in [5, 5.41) is 9.64. The van der Waals surface area contributed by atoms with Crippen LogP contribution in [-0.4, -0.2) is 71.7 Å². The number of carbonyl (C=O) groups excluding carboxylic acids is 1. The maximum absolute atomic E-state index is 12.4. The van der Waals surface area contributed by atoms with Crippen LogP contribution in [0.1, 0.15) is 5.56 Å². The third-order valence-corrected chi connectivity index (χ3v) is 4.99. The molecule has 5 nitrogen and oxygen atoms in total. The number of ether oxygens (including phenoxy) is 1. The fraction of sp³-hybridized carbons (Fsp3) is 0.588. The Morgan fingerprint density at radius 1 is 1.35 bits per heavy atom. The number of phenolic OH excluding ortho intramolecular Hbond substituents is 1. The van der Waals surface area contributed by atoms with Crippen LogP contribution >= 0.6 is 11.8 Å². The molecule has 1 aromatic rings. The zero-order chi connectivity index (χ0) is 16.2. The molecule has 0 unspecified atom stereocenters. The van der Waals surface area contributed by atoms with Crippen LogP contribution in [0.5, 0.6) is 5.75 Å². The standard InChI is InChI=1S/C17H24N2O3S/c1-23-12-17(21)19-8-14-7-18(9-15(19)11-22-10-14)6-13-3-2-4-16(20)5-13/h2-5,14-15,20H,6-12H2,1H3/t14-,15-/m0/s1. The van der Waals surface area contributed by atoms with E-state index >= 15 is 0 Å². The number of thioether (sulfide) groups is 1. The average Bonchev–Trinajstić information content (AvgIpc) is 2.78. The van der Waals surface area contributed by atoms with Crippen molar-refractivity contribution in [2.24, 2.45) is 5.92 Å². The summed E-state index contributed by atoms with van der Waals surface area (Å²) in [7, 11) is 0. The number of benzene rings is 1. The maximum Gasteiger partial charge on any atom is 0.232 e. The van der Waals surface area contributed by atoms with Crippen LogP contribution in [0.4, 0.5) is 0 Å². The normalized spacial score (nSPS) is 25.2. The summed E-state index contributed by atoms with van der Waals surface area (Å²) < 4.78 is 5.77. The molecule has 2 aliphatic heterocycles. The fourth-order valence-electron chi connectivity index (χ4n) is 3.49. The molecule has 0 spiro atoms. The Hall–Kier alpha value is -1.24. The molecule has 3 rings (SSSR count). The Morgan fingerprint density at radius 2 is 2.22 bits per heavy atom. The quantitative estimate of drug-likeness (QED) is 0.901. The molecule has 0 aromatic heterocycles. The molecule has 23 heavy (non-hydrogen) atoms. The van der Waals surface area contributed by atoms with E-state index in [-0.39, 0.29) is 11.9 Å². The van der Waals surface area contributed by atoms with Gasteiger partial charge in [-0.3, -0.25) is 9.69 Å². The van der Waals surface area contributed by atoms with Crippen molar-refractivity contribution in [1.82, 2.24) is 9.80 Å². The van der Waals surface area contributed by atoms with Crippen molar-refractivity contribution in [3.63, 3.8) is 0 Å². The molecular weight excluding hydrogens is 312 g/mol. The molecule has 1 aromatic carbocycles. The Labute approximate surface area is 141 Å². The Balaban J connectivity index is 1.72. The van der Waals surface area contributed by atoms with Gasteiger partial charge in [0, 0.05) is 32.1 Å². The van der Waals surface area contributed by atoms with Gasteiger partial charge in [-0.2, -0.15) is 11.8 Å². The predicted octanol–water partition coefficient (Wildman–Crippen LogP) is 1.41. The number of hydrogen-bond acceptors (Lipinski definition) is 5. The van der Waals surface area contributed by atoms with Gasteiger partial charge >= 0.3 is 0 Å². The van der Waals surface area contributed by atoms with Crippen molar-refractivity contribution >= 4 is 17.7 Å². The predicted molar refractivity (Wildman–Crippen MR) is 91.6 cm³/mol. The first-order valence-corrected chi connectivity index (χ1v) is 9.41. The van der Waals surface area contributed by atoms with Gasteiger partial charge in [-0.05, 0) is 24.0 Å². The molecule has 0 radical (unpaired) electrons. The van der Waals surface area contributed by atoms with Gasteiger partial charge < -0.3 is 14.7 Å². The van der Waals surface area contributed by atoms with E-state index in [0.717, 1.165) is 38.3 Å². The van der Waals surface area contributed by atoms with Crippen LogP contribution in [-0.2, 0) is 16.1 Å². The molecule has 2 saturated heterocycles. The van der Waals surface area contributed by atoms with Crippen LogP contribution in [0.2, 0.25) is 0 Å². The third-order valence-electron chi connectivity index (χ3n) is 4.45. The highest BCUT2D eigenvalue weighted by molar-refractivity contribution is 7.99. The number of phenols is 1. The Kier molecular flexibility index (Phi) is 5.46. The number of carbonyl (C=O) groups is 1. The lowest BCUT2D eigenvalue weighted by Crippen LogP contribution is -2.47. The van der Waals surface area contributed by atoms with E-state index < -0.39 is 0 Å². The van der Waals surface area contributed by atoms with Gasteiger partial charge in [0.25, 0.3) is 0 Å². The molecule has 2 fully saturated rings. The van der Waals surface area contributed by atoms with Crippen molar-refractivity contribution in [3.05, 3.63) is 29.8 Å². The van der Waals surface area contributed by atoms with Crippen LogP contribution in [0.15, 0.2) is 24.3 Å². The molecule has 1 N–H and O–H groups in total. The van der Waals surface area contributed by atoms with Crippen LogP contribution < -0.4 is 0 Å². The van der Waals surface area contributed by atoms with Crippen molar-refractivity contribution in [2.75, 3.05) is 44.9 Å². The van der Waals surface area contributed by atoms with E-state index in [9.17, 15) is 9.90 Å². The van der Waals surface area contributed by atoms with Gasteiger partial charge in [0.1, 0.15) is 5.75 Å². The topological polar surface area (TPSA) is 53.0 Å². The number of fused-ring (bicyclic) bond motifs is 3. The molecule has 6 heteroatoms. The second-order valence-corrected chi connectivity index (χ2v) is 7.27. The lowest BCUT2D eigenvalue weighted by molar-refractivity contribution is -0.131. The molecule has 126 valence electrons. The van der Waals surface area contributed by atoms with Crippen molar-refractivity contribution in [1.29, 1.82) is 0 Å². The van der Waals surface area contributed by atoms with E-state index in [2.05, 4.69) is 4.90 Å². The first kappa shape index (κ1) is 16.6. The summed E-state index contributed by atoms with van der Waals surface area (Å²) in [5.41, 5.74) is 1.10. The second kappa shape index (κ2) is 7.55. The summed E-state index contributed by atoms with van der Waals surface area (Å²) in [6, 6.07) is 7.54. The lowest BCUT2D eigenvalue weighted by atomic mass is 10.1. The number of hydrogen-bond donors (Lipinski definition) is 1. The van der Waals surface area contributed by atoms with Crippen molar-refractivity contribution in [3.8, 4) is 5.75 Å². The zero-order valence-corrected chi connectivity index (χ0v) is 14.3. The van der Waals surface area contributed by atoms with Gasteiger partial charge in [0.05, 0.1) is 25.0 Å². The average molecular weight is 336 g/mol. The number of aromatic hydroxyl groups is 1. The number of nitrogens with zero attached hydrogens (tertiary/aromatic N) is 2. The largest absolute Gasteiger partial charge is 0.508 e. The second-order valence-electron chi connectivity index (χ2n) is 6.40. The van der Waals surface area contributed by atoms with E-state index in [1.165, 1.54) is 0 Å². The highest BCUT2D eigenvalue weighted by atomic mass is 32.2. The molecule has 2 aliphatic rings. The summed E-state index contributed by atoms with van der Waals surface area (Å²) in [6.07, 6.45) is 1.96. The van der Waals surface area contributed by atoms with Crippen LogP contribution in [0.25, 0.3) is 0 Å². The highest BCUT2D eigenvalue weighted by Crippen LogP contribution is 2.22. The minimum Gasteiger partial charge on any atom is -0.508 e. The molecule has 0 aliphatic carbocycles. The van der Waals surface area contributed by atoms with Crippen molar-refractivity contribution in [2.45, 2.75) is 12.6 Å². The van der Waals surface area contributed by atoms with Crippen molar-refractivity contribution < 1.29 is 14.6 Å². The van der Waals surface area contributed by atoms with Gasteiger partial charge in [-0.25, -0.2) is 0 Å². The molecule has 2 bridgehead atoms. The maximum atomic E-state index is 12.4. The van der Waals surface area contributed by atoms with Gasteiger partial charge in [-0.1, -0.05) is 12.1 Å². The fourth-order valence-corrected chi connectivity index (χ4v) is 3.91. The van der Waals surface area contributed by atoms with E-state index in [1.54, 1.807) is 17.8 Å². The zero-order valence-electron chi connectivity index (χ0n) is 13.5. The van der Waals surface area contributed by atoms with E-state index in [0.29, 0.717) is 24.0 Å². The molecule has 2 atom stereocenters. The SMILES string of the molecule is CSCC(=O)N1C[C@H]2COC[C@@H]1CN(Cc1cccc(O)c1)C2. The molecule has 1 amide bonds. The molecule has 0 saturated carbocycles. The highest BCUT2D eigenvalue weighted by Gasteiger charge is 2.35. The summed E-state index contributed by atoms with van der Waals surface area (Å²) in [4.78, 5) is 16.8. The summed E-state index contributed by atoms with van der Waals surface area (Å²) in [6.45, 7) is 4.68. The number of rotatable bonds is 4. The van der Waals surface area contributed by atoms with E-state index in [4.69, 9.17) is 4.74 Å². The minimum absolute atomic E-state index is 0.124. The summed E-state index contributed by atoms with van der Waals surface area (Å²) >= 11 is 1.58. The smallest absolute Gasteiger partial charge is 0.232 e. The van der Waals surface area contributed by atoms with Gasteiger partial charge in [0.2, 0.25) is 5.91 Å². The molecule has 2 heterocycles. The van der Waals surface area contributed by atoms with Crippen LogP contribution in [0, 0.1) is 5.92 Å². The Bertz CT molecular complexity index is 554. The monoisotopic (exact) mass is 336 g/mol. The first-order valence-electron chi connectivity index (χ1n) is 8.02.